The number of carbonyl (C=O) groups is 2. The highest BCUT2D eigenvalue weighted by Crippen LogP contribution is 2.21. The van der Waals surface area contributed by atoms with Crippen LogP contribution in [-0.4, -0.2) is 23.3 Å². The average molecular weight is 433 g/mol. The van der Waals surface area contributed by atoms with Gasteiger partial charge in [0, 0.05) is 15.5 Å². The van der Waals surface area contributed by atoms with Gasteiger partial charge in [-0.25, -0.2) is 4.98 Å². The maximum atomic E-state index is 12.5. The Morgan fingerprint density at radius 1 is 1.15 bits per heavy atom. The summed E-state index contributed by atoms with van der Waals surface area (Å²) in [5.41, 5.74) is 2.68. The zero-order chi connectivity index (χ0) is 18.7. The second-order valence-electron chi connectivity index (χ2n) is 5.70. The Balaban J connectivity index is 1.69. The Morgan fingerprint density at radius 2 is 1.92 bits per heavy atom. The highest BCUT2D eigenvalue weighted by Gasteiger charge is 2.13. The van der Waals surface area contributed by atoms with Gasteiger partial charge in [-0.1, -0.05) is 45.7 Å². The quantitative estimate of drug-likeness (QED) is 0.603. The van der Waals surface area contributed by atoms with Crippen LogP contribution in [0, 0.1) is 6.92 Å². The zero-order valence-corrected chi connectivity index (χ0v) is 16.2. The number of benzene rings is 2. The molecule has 7 heteroatoms. The van der Waals surface area contributed by atoms with E-state index in [1.165, 1.54) is 6.07 Å². The Morgan fingerprint density at radius 3 is 2.69 bits per heavy atom. The summed E-state index contributed by atoms with van der Waals surface area (Å²) in [6.07, 6.45) is 0. The van der Waals surface area contributed by atoms with Crippen LogP contribution in [0.2, 0.25) is 5.15 Å². The topological polar surface area (TPSA) is 71.1 Å². The molecule has 132 valence electrons. The molecule has 0 atom stereocenters. The molecule has 1 aromatic heterocycles. The van der Waals surface area contributed by atoms with Crippen molar-refractivity contribution in [1.29, 1.82) is 0 Å². The molecule has 0 radical (unpaired) electrons. The number of aryl methyl sites for hydroxylation is 1. The number of hydrogen-bond donors (Lipinski definition) is 2. The molecule has 0 saturated carbocycles. The standard InChI is InChI=1S/C19H15BrClN3O2/c1-11-8-12(6-7-15(11)20)23-18(25)10-22-19(26)14-9-17(21)24-16-5-3-2-4-13(14)16/h2-9H,10H2,1H3,(H,22,26)(H,23,25). The molecule has 3 aromatic rings. The van der Waals surface area contributed by atoms with Crippen LogP contribution in [-0.2, 0) is 4.79 Å². The molecular formula is C19H15BrClN3O2. The van der Waals surface area contributed by atoms with E-state index in [1.807, 2.05) is 31.2 Å². The number of nitrogens with one attached hydrogen (secondary N) is 2. The van der Waals surface area contributed by atoms with Gasteiger partial charge in [0.2, 0.25) is 5.91 Å². The summed E-state index contributed by atoms with van der Waals surface area (Å²) >= 11 is 9.40. The third kappa shape index (κ3) is 4.20. The third-order valence-electron chi connectivity index (χ3n) is 3.78. The second kappa shape index (κ2) is 7.85. The molecule has 1 heterocycles. The number of hydrogen-bond acceptors (Lipinski definition) is 3. The summed E-state index contributed by atoms with van der Waals surface area (Å²) < 4.78 is 0.963. The molecule has 5 nitrogen and oxygen atoms in total. The zero-order valence-electron chi connectivity index (χ0n) is 13.8. The van der Waals surface area contributed by atoms with Gasteiger partial charge in [0.1, 0.15) is 5.15 Å². The van der Waals surface area contributed by atoms with Gasteiger partial charge in [-0.3, -0.25) is 9.59 Å². The Labute approximate surface area is 163 Å². The number of fused-ring (bicyclic) bond motifs is 1. The SMILES string of the molecule is Cc1cc(NC(=O)CNC(=O)c2cc(Cl)nc3ccccc23)ccc1Br. The lowest BCUT2D eigenvalue weighted by Crippen LogP contribution is -2.33. The molecule has 0 spiro atoms. The number of carbonyl (C=O) groups excluding carboxylic acids is 2. The van der Waals surface area contributed by atoms with Gasteiger partial charge in [0.15, 0.2) is 0 Å². The largest absolute Gasteiger partial charge is 0.343 e. The van der Waals surface area contributed by atoms with Gasteiger partial charge >= 0.3 is 0 Å². The van der Waals surface area contributed by atoms with Crippen molar-refractivity contribution < 1.29 is 9.59 Å². The molecule has 0 aliphatic heterocycles. The first-order valence-corrected chi connectivity index (χ1v) is 9.00. The normalized spacial score (nSPS) is 10.6. The predicted octanol–water partition coefficient (Wildman–Crippen LogP) is 4.33. The van der Waals surface area contributed by atoms with E-state index in [0.29, 0.717) is 22.2 Å². The van der Waals surface area contributed by atoms with Crippen LogP contribution in [0.1, 0.15) is 15.9 Å². The minimum Gasteiger partial charge on any atom is -0.343 e. The fraction of sp³-hybridized carbons (Fsp3) is 0.105. The molecule has 0 aliphatic carbocycles. The Bertz CT molecular complexity index is 1010. The second-order valence-corrected chi connectivity index (χ2v) is 6.95. The van der Waals surface area contributed by atoms with Crippen molar-refractivity contribution in [2.75, 3.05) is 11.9 Å². The van der Waals surface area contributed by atoms with E-state index < -0.39 is 0 Å². The van der Waals surface area contributed by atoms with Crippen molar-refractivity contribution in [3.05, 3.63) is 69.3 Å². The molecule has 26 heavy (non-hydrogen) atoms. The molecule has 0 unspecified atom stereocenters. The van der Waals surface area contributed by atoms with Gasteiger partial charge in [0.05, 0.1) is 17.6 Å². The van der Waals surface area contributed by atoms with Crippen molar-refractivity contribution in [2.45, 2.75) is 6.92 Å². The minimum absolute atomic E-state index is 0.151. The molecule has 2 amide bonds. The average Bonchev–Trinajstić information content (AvgIpc) is 2.62. The van der Waals surface area contributed by atoms with Crippen molar-refractivity contribution >= 4 is 55.9 Å². The number of halogens is 2. The summed E-state index contributed by atoms with van der Waals surface area (Å²) in [6.45, 7) is 1.78. The van der Waals surface area contributed by atoms with Gasteiger partial charge < -0.3 is 10.6 Å². The number of pyridine rings is 1. The highest BCUT2D eigenvalue weighted by molar-refractivity contribution is 9.10. The van der Waals surface area contributed by atoms with Gasteiger partial charge in [-0.15, -0.1) is 0 Å². The highest BCUT2D eigenvalue weighted by atomic mass is 79.9. The van der Waals surface area contributed by atoms with Crippen LogP contribution in [0.15, 0.2) is 53.0 Å². The lowest BCUT2D eigenvalue weighted by Gasteiger charge is -2.10. The maximum absolute atomic E-state index is 12.5. The van der Waals surface area contributed by atoms with Crippen molar-refractivity contribution in [3.8, 4) is 0 Å². The van der Waals surface area contributed by atoms with Crippen molar-refractivity contribution in [2.24, 2.45) is 0 Å². The minimum atomic E-state index is -0.382. The lowest BCUT2D eigenvalue weighted by molar-refractivity contribution is -0.115. The number of aromatic nitrogens is 1. The van der Waals surface area contributed by atoms with E-state index in [0.717, 1.165) is 10.0 Å². The fourth-order valence-electron chi connectivity index (χ4n) is 2.51. The van der Waals surface area contributed by atoms with E-state index >= 15 is 0 Å². The number of nitrogens with zero attached hydrogens (tertiary/aromatic N) is 1. The number of anilines is 1. The maximum Gasteiger partial charge on any atom is 0.252 e. The summed E-state index contributed by atoms with van der Waals surface area (Å²) in [7, 11) is 0. The third-order valence-corrected chi connectivity index (χ3v) is 4.86. The van der Waals surface area contributed by atoms with E-state index in [9.17, 15) is 9.59 Å². The van der Waals surface area contributed by atoms with E-state index in [1.54, 1.807) is 18.2 Å². The van der Waals surface area contributed by atoms with Crippen LogP contribution >= 0.6 is 27.5 Å². The summed E-state index contributed by atoms with van der Waals surface area (Å²) in [4.78, 5) is 28.8. The molecule has 0 bridgehead atoms. The number of para-hydroxylation sites is 1. The molecule has 0 fully saturated rings. The first-order valence-electron chi connectivity index (χ1n) is 7.83. The van der Waals surface area contributed by atoms with Gasteiger partial charge in [-0.2, -0.15) is 0 Å². The molecule has 2 N–H and O–H groups in total. The van der Waals surface area contributed by atoms with Crippen molar-refractivity contribution in [3.63, 3.8) is 0 Å². The number of amides is 2. The summed E-state index contributed by atoms with van der Waals surface area (Å²) in [5, 5.41) is 6.27. The molecular weight excluding hydrogens is 418 g/mol. The van der Waals surface area contributed by atoms with Gasteiger partial charge in [-0.05, 0) is 42.8 Å². The van der Waals surface area contributed by atoms with Crippen molar-refractivity contribution in [1.82, 2.24) is 10.3 Å². The Kier molecular flexibility index (Phi) is 5.54. The molecule has 0 aliphatic rings. The fourth-order valence-corrected chi connectivity index (χ4v) is 2.96. The first kappa shape index (κ1) is 18.4. The Hall–Kier alpha value is -2.44. The summed E-state index contributed by atoms with van der Waals surface area (Å²) in [6, 6.07) is 14.2. The van der Waals surface area contributed by atoms with E-state index in [4.69, 9.17) is 11.6 Å². The lowest BCUT2D eigenvalue weighted by atomic mass is 10.1. The molecule has 3 rings (SSSR count). The monoisotopic (exact) mass is 431 g/mol. The smallest absolute Gasteiger partial charge is 0.252 e. The molecule has 2 aromatic carbocycles. The number of rotatable bonds is 4. The van der Waals surface area contributed by atoms with Crippen LogP contribution in [0.3, 0.4) is 0 Å². The summed E-state index contributed by atoms with van der Waals surface area (Å²) in [5.74, 6) is -0.697. The van der Waals surface area contributed by atoms with Crippen LogP contribution in [0.25, 0.3) is 10.9 Å². The van der Waals surface area contributed by atoms with E-state index in [2.05, 4.69) is 31.5 Å². The van der Waals surface area contributed by atoms with Crippen LogP contribution in [0.4, 0.5) is 5.69 Å². The van der Waals surface area contributed by atoms with Gasteiger partial charge in [0.25, 0.3) is 5.91 Å². The van der Waals surface area contributed by atoms with Crippen LogP contribution < -0.4 is 10.6 Å². The van der Waals surface area contributed by atoms with E-state index in [-0.39, 0.29) is 23.5 Å². The predicted molar refractivity (Wildman–Crippen MR) is 107 cm³/mol. The first-order chi connectivity index (χ1) is 12.4. The molecule has 0 saturated heterocycles. The van der Waals surface area contributed by atoms with Crippen LogP contribution in [0.5, 0.6) is 0 Å².